The molecule has 1 heterocycles. The van der Waals surface area contributed by atoms with Gasteiger partial charge < -0.3 is 10.4 Å². The van der Waals surface area contributed by atoms with Crippen LogP contribution < -0.4 is 5.32 Å². The number of carbonyl (C=O) groups is 2. The molecule has 1 aromatic heterocycles. The van der Waals surface area contributed by atoms with Crippen molar-refractivity contribution in [2.75, 3.05) is 0 Å². The van der Waals surface area contributed by atoms with Crippen molar-refractivity contribution >= 4 is 46.4 Å². The summed E-state index contributed by atoms with van der Waals surface area (Å²) in [6.45, 7) is 1.40. The Kier molecular flexibility index (Phi) is 5.39. The Morgan fingerprint density at radius 1 is 1.41 bits per heavy atom. The molecule has 2 N–H and O–H groups in total. The minimum Gasteiger partial charge on any atom is -0.480 e. The maximum absolute atomic E-state index is 11.7. The molecule has 0 aliphatic heterocycles. The molecule has 0 saturated heterocycles. The van der Waals surface area contributed by atoms with Crippen molar-refractivity contribution in [3.63, 3.8) is 0 Å². The third-order valence-corrected chi connectivity index (χ3v) is 4.28. The first kappa shape index (κ1) is 16.7. The summed E-state index contributed by atoms with van der Waals surface area (Å²) in [5, 5.41) is 14.6. The van der Waals surface area contributed by atoms with Gasteiger partial charge in [-0.05, 0) is 25.1 Å². The second-order valence-electron chi connectivity index (χ2n) is 4.57. The van der Waals surface area contributed by atoms with E-state index < -0.39 is 17.9 Å². The number of aliphatic carboxylic acids is 1. The van der Waals surface area contributed by atoms with E-state index in [1.165, 1.54) is 18.3 Å². The monoisotopic (exact) mass is 358 g/mol. The van der Waals surface area contributed by atoms with Gasteiger partial charge in [0.25, 0.3) is 0 Å². The Bertz CT molecular complexity index is 718. The SMILES string of the molecule is C[C@H](NC(=O)Cc1csc(-c2ccc(Cl)cc2Cl)n1)C(=O)O. The van der Waals surface area contributed by atoms with Crippen molar-refractivity contribution in [2.45, 2.75) is 19.4 Å². The highest BCUT2D eigenvalue weighted by Gasteiger charge is 2.16. The summed E-state index contributed by atoms with van der Waals surface area (Å²) in [4.78, 5) is 26.8. The van der Waals surface area contributed by atoms with Crippen LogP contribution in [0, 0.1) is 0 Å². The minimum absolute atomic E-state index is 0.0132. The second kappa shape index (κ2) is 7.09. The van der Waals surface area contributed by atoms with Gasteiger partial charge in [-0.15, -0.1) is 11.3 Å². The van der Waals surface area contributed by atoms with Crippen LogP contribution in [0.3, 0.4) is 0 Å². The van der Waals surface area contributed by atoms with Crippen LogP contribution in [0.1, 0.15) is 12.6 Å². The molecule has 0 unspecified atom stereocenters. The molecule has 0 spiro atoms. The first-order chi connectivity index (χ1) is 10.4. The number of benzene rings is 1. The molecule has 2 aromatic rings. The van der Waals surface area contributed by atoms with E-state index in [0.29, 0.717) is 20.7 Å². The Hall–Kier alpha value is -1.63. The standard InChI is InChI=1S/C14H12Cl2N2O3S/c1-7(14(20)21)17-12(19)5-9-6-22-13(18-9)10-3-2-8(15)4-11(10)16/h2-4,6-7H,5H2,1H3,(H,17,19)(H,20,21)/t7-/m0/s1. The van der Waals surface area contributed by atoms with Crippen molar-refractivity contribution in [2.24, 2.45) is 0 Å². The van der Waals surface area contributed by atoms with Gasteiger partial charge in [0.2, 0.25) is 5.91 Å². The Morgan fingerprint density at radius 3 is 2.77 bits per heavy atom. The molecule has 1 atom stereocenters. The average molecular weight is 359 g/mol. The van der Waals surface area contributed by atoms with Crippen LogP contribution in [-0.2, 0) is 16.0 Å². The molecule has 116 valence electrons. The van der Waals surface area contributed by atoms with E-state index in [1.807, 2.05) is 0 Å². The van der Waals surface area contributed by atoms with Crippen molar-refractivity contribution in [3.05, 3.63) is 39.3 Å². The summed E-state index contributed by atoms with van der Waals surface area (Å²) in [5.74, 6) is -1.48. The summed E-state index contributed by atoms with van der Waals surface area (Å²) in [6.07, 6.45) is 0.0132. The van der Waals surface area contributed by atoms with Crippen LogP contribution in [0.2, 0.25) is 10.0 Å². The molecule has 0 saturated carbocycles. The molecule has 0 bridgehead atoms. The zero-order valence-electron chi connectivity index (χ0n) is 11.5. The maximum Gasteiger partial charge on any atom is 0.325 e. The molecule has 2 rings (SSSR count). The zero-order valence-corrected chi connectivity index (χ0v) is 13.8. The van der Waals surface area contributed by atoms with Crippen LogP contribution >= 0.6 is 34.5 Å². The van der Waals surface area contributed by atoms with Crippen LogP contribution in [0.25, 0.3) is 10.6 Å². The van der Waals surface area contributed by atoms with Gasteiger partial charge in [-0.25, -0.2) is 4.98 Å². The first-order valence-corrected chi connectivity index (χ1v) is 7.92. The molecule has 0 aliphatic carbocycles. The topological polar surface area (TPSA) is 79.3 Å². The highest BCUT2D eigenvalue weighted by molar-refractivity contribution is 7.13. The fourth-order valence-corrected chi connectivity index (χ4v) is 3.11. The zero-order chi connectivity index (χ0) is 16.3. The van der Waals surface area contributed by atoms with Gasteiger partial charge in [0.1, 0.15) is 11.0 Å². The fourth-order valence-electron chi connectivity index (χ4n) is 1.69. The number of amides is 1. The summed E-state index contributed by atoms with van der Waals surface area (Å²) in [7, 11) is 0. The lowest BCUT2D eigenvalue weighted by Gasteiger charge is -2.07. The summed E-state index contributed by atoms with van der Waals surface area (Å²) >= 11 is 13.3. The van der Waals surface area contributed by atoms with Crippen molar-refractivity contribution in [1.29, 1.82) is 0 Å². The van der Waals surface area contributed by atoms with Gasteiger partial charge in [-0.3, -0.25) is 9.59 Å². The number of aromatic nitrogens is 1. The molecule has 1 aromatic carbocycles. The third kappa shape index (κ3) is 4.19. The van der Waals surface area contributed by atoms with Gasteiger partial charge in [-0.1, -0.05) is 23.2 Å². The average Bonchev–Trinajstić information content (AvgIpc) is 2.86. The molecule has 5 nitrogen and oxygen atoms in total. The number of hydrogen-bond donors (Lipinski definition) is 2. The summed E-state index contributed by atoms with van der Waals surface area (Å²) in [6, 6.07) is 4.17. The smallest absolute Gasteiger partial charge is 0.325 e. The van der Waals surface area contributed by atoms with E-state index in [-0.39, 0.29) is 6.42 Å². The van der Waals surface area contributed by atoms with Crippen LogP contribution in [-0.4, -0.2) is 28.0 Å². The number of carboxylic acids is 1. The van der Waals surface area contributed by atoms with E-state index in [0.717, 1.165) is 5.56 Å². The predicted octanol–water partition coefficient (Wildman–Crippen LogP) is 3.25. The lowest BCUT2D eigenvalue weighted by atomic mass is 10.2. The highest BCUT2D eigenvalue weighted by atomic mass is 35.5. The highest BCUT2D eigenvalue weighted by Crippen LogP contribution is 2.32. The van der Waals surface area contributed by atoms with Crippen LogP contribution in [0.5, 0.6) is 0 Å². The molecule has 0 radical (unpaired) electrons. The second-order valence-corrected chi connectivity index (χ2v) is 6.27. The number of halogens is 2. The Labute approximate surface area is 140 Å². The van der Waals surface area contributed by atoms with Gasteiger partial charge in [-0.2, -0.15) is 0 Å². The lowest BCUT2D eigenvalue weighted by molar-refractivity contribution is -0.141. The number of nitrogens with one attached hydrogen (secondary N) is 1. The lowest BCUT2D eigenvalue weighted by Crippen LogP contribution is -2.39. The molecular formula is C14H12Cl2N2O3S. The number of carboxylic acid groups (broad SMARTS) is 1. The van der Waals surface area contributed by atoms with E-state index >= 15 is 0 Å². The fraction of sp³-hybridized carbons (Fsp3) is 0.214. The van der Waals surface area contributed by atoms with Crippen molar-refractivity contribution in [3.8, 4) is 10.6 Å². The molecule has 1 amide bonds. The number of rotatable bonds is 5. The van der Waals surface area contributed by atoms with Gasteiger partial charge in [0.15, 0.2) is 0 Å². The first-order valence-electron chi connectivity index (χ1n) is 6.29. The Balaban J connectivity index is 2.08. The summed E-state index contributed by atoms with van der Waals surface area (Å²) in [5.41, 5.74) is 1.29. The maximum atomic E-state index is 11.7. The van der Waals surface area contributed by atoms with Crippen molar-refractivity contribution in [1.82, 2.24) is 10.3 Å². The predicted molar refractivity (Wildman–Crippen MR) is 86.5 cm³/mol. The Morgan fingerprint density at radius 2 is 2.14 bits per heavy atom. The van der Waals surface area contributed by atoms with E-state index in [2.05, 4.69) is 10.3 Å². The van der Waals surface area contributed by atoms with E-state index in [1.54, 1.807) is 23.6 Å². The van der Waals surface area contributed by atoms with E-state index in [9.17, 15) is 9.59 Å². The van der Waals surface area contributed by atoms with Gasteiger partial charge in [0.05, 0.1) is 17.1 Å². The van der Waals surface area contributed by atoms with Crippen LogP contribution in [0.4, 0.5) is 0 Å². The number of carbonyl (C=O) groups excluding carboxylic acids is 1. The van der Waals surface area contributed by atoms with Crippen LogP contribution in [0.15, 0.2) is 23.6 Å². The minimum atomic E-state index is -1.08. The largest absolute Gasteiger partial charge is 0.480 e. The molecular weight excluding hydrogens is 347 g/mol. The quantitative estimate of drug-likeness (QED) is 0.859. The van der Waals surface area contributed by atoms with Gasteiger partial charge >= 0.3 is 5.97 Å². The number of nitrogens with zero attached hydrogens (tertiary/aromatic N) is 1. The molecule has 0 aliphatic rings. The molecule has 0 fully saturated rings. The molecule has 22 heavy (non-hydrogen) atoms. The normalized spacial score (nSPS) is 12.0. The summed E-state index contributed by atoms with van der Waals surface area (Å²) < 4.78 is 0. The number of hydrogen-bond acceptors (Lipinski definition) is 4. The number of thiazole rings is 1. The van der Waals surface area contributed by atoms with E-state index in [4.69, 9.17) is 28.3 Å². The van der Waals surface area contributed by atoms with Gasteiger partial charge in [0, 0.05) is 16.0 Å². The third-order valence-electron chi connectivity index (χ3n) is 2.80. The van der Waals surface area contributed by atoms with Crippen molar-refractivity contribution < 1.29 is 14.7 Å². The molecule has 8 heteroatoms.